The van der Waals surface area contributed by atoms with Crippen LogP contribution in [0, 0.1) is 6.92 Å². The van der Waals surface area contributed by atoms with E-state index in [0.29, 0.717) is 22.0 Å². The van der Waals surface area contributed by atoms with Crippen LogP contribution in [0.15, 0.2) is 35.3 Å². The van der Waals surface area contributed by atoms with Crippen LogP contribution in [-0.4, -0.2) is 10.5 Å². The van der Waals surface area contributed by atoms with Crippen LogP contribution >= 0.6 is 11.6 Å². The van der Waals surface area contributed by atoms with Crippen molar-refractivity contribution < 1.29 is 4.79 Å². The first-order chi connectivity index (χ1) is 9.38. The van der Waals surface area contributed by atoms with Crippen molar-refractivity contribution >= 4 is 28.9 Å². The van der Waals surface area contributed by atoms with Gasteiger partial charge in [0.15, 0.2) is 0 Å². The van der Waals surface area contributed by atoms with Gasteiger partial charge >= 0.3 is 0 Å². The molecule has 1 aromatic carbocycles. The average molecular weight is 292 g/mol. The van der Waals surface area contributed by atoms with Gasteiger partial charge in [-0.3, -0.25) is 9.59 Å². The van der Waals surface area contributed by atoms with Crippen LogP contribution in [0.25, 0.3) is 0 Å². The average Bonchev–Trinajstić information content (AvgIpc) is 2.39. The molecule has 1 aromatic heterocycles. The fraction of sp³-hybridized carbons (Fsp3) is 0.143. The molecule has 0 aliphatic heterocycles. The number of nitrogens with one attached hydrogen (secondary N) is 1. The molecule has 1 amide bonds. The van der Waals surface area contributed by atoms with Crippen molar-refractivity contribution in [2.24, 2.45) is 7.05 Å². The third-order valence-electron chi connectivity index (χ3n) is 2.96. The lowest BCUT2D eigenvalue weighted by Gasteiger charge is -2.10. The molecule has 0 radical (unpaired) electrons. The number of carbonyl (C=O) groups excluding carboxylic acids is 1. The number of hydrogen-bond donors (Lipinski definition) is 2. The standard InChI is InChI=1S/C14H14ClN3O2/c1-8-5-11(16)10(15)7-12(8)17-14(20)9-3-4-18(2)13(19)6-9/h3-7H,16H2,1-2H3,(H,17,20). The Balaban J connectivity index is 2.30. The van der Waals surface area contributed by atoms with Gasteiger partial charge in [0, 0.05) is 30.6 Å². The summed E-state index contributed by atoms with van der Waals surface area (Å²) in [5.41, 5.74) is 7.54. The molecule has 0 atom stereocenters. The van der Waals surface area contributed by atoms with E-state index < -0.39 is 0 Å². The first-order valence-corrected chi connectivity index (χ1v) is 6.30. The predicted molar refractivity (Wildman–Crippen MR) is 80.2 cm³/mol. The molecule has 3 N–H and O–H groups in total. The van der Waals surface area contributed by atoms with E-state index in [1.807, 2.05) is 6.92 Å². The van der Waals surface area contributed by atoms with E-state index >= 15 is 0 Å². The Morgan fingerprint density at radius 2 is 2.05 bits per heavy atom. The van der Waals surface area contributed by atoms with E-state index in [-0.39, 0.29) is 11.5 Å². The number of nitrogens with two attached hydrogens (primary N) is 1. The van der Waals surface area contributed by atoms with E-state index in [9.17, 15) is 9.59 Å². The zero-order valence-electron chi connectivity index (χ0n) is 11.1. The minimum absolute atomic E-state index is 0.246. The highest BCUT2D eigenvalue weighted by molar-refractivity contribution is 6.33. The molecule has 5 nitrogen and oxygen atoms in total. The van der Waals surface area contributed by atoms with Crippen LogP contribution in [0.4, 0.5) is 11.4 Å². The van der Waals surface area contributed by atoms with E-state index in [2.05, 4.69) is 5.32 Å². The van der Waals surface area contributed by atoms with Crippen molar-refractivity contribution in [1.29, 1.82) is 0 Å². The maximum Gasteiger partial charge on any atom is 0.255 e. The molecule has 20 heavy (non-hydrogen) atoms. The number of hydrogen-bond acceptors (Lipinski definition) is 3. The maximum atomic E-state index is 12.1. The van der Waals surface area contributed by atoms with Crippen molar-refractivity contribution in [2.75, 3.05) is 11.1 Å². The lowest BCUT2D eigenvalue weighted by Crippen LogP contribution is -2.20. The Morgan fingerprint density at radius 1 is 1.35 bits per heavy atom. The first kappa shape index (κ1) is 14.1. The summed E-state index contributed by atoms with van der Waals surface area (Å²) in [4.78, 5) is 23.6. The third-order valence-corrected chi connectivity index (χ3v) is 3.29. The number of anilines is 2. The lowest BCUT2D eigenvalue weighted by atomic mass is 10.1. The number of amides is 1. The number of halogens is 1. The highest BCUT2D eigenvalue weighted by Crippen LogP contribution is 2.26. The van der Waals surface area contributed by atoms with Crippen LogP contribution in [0.1, 0.15) is 15.9 Å². The molecular formula is C14H14ClN3O2. The number of aryl methyl sites for hydroxylation is 2. The molecule has 0 aliphatic rings. The van der Waals surface area contributed by atoms with Crippen LogP contribution in [0.5, 0.6) is 0 Å². The SMILES string of the molecule is Cc1cc(N)c(Cl)cc1NC(=O)c1ccn(C)c(=O)c1. The minimum atomic E-state index is -0.369. The molecule has 0 aliphatic carbocycles. The van der Waals surface area contributed by atoms with E-state index in [0.717, 1.165) is 5.56 Å². The van der Waals surface area contributed by atoms with Crippen LogP contribution in [-0.2, 0) is 7.05 Å². The van der Waals surface area contributed by atoms with Gasteiger partial charge in [-0.2, -0.15) is 0 Å². The summed E-state index contributed by atoms with van der Waals surface area (Å²) in [7, 11) is 1.62. The number of carbonyl (C=O) groups is 1. The molecule has 2 rings (SSSR count). The molecular weight excluding hydrogens is 278 g/mol. The second-order valence-corrected chi connectivity index (χ2v) is 4.91. The normalized spacial score (nSPS) is 10.3. The molecule has 0 saturated heterocycles. The maximum absolute atomic E-state index is 12.1. The van der Waals surface area contributed by atoms with Gasteiger partial charge in [0.1, 0.15) is 0 Å². The Bertz CT molecular complexity index is 738. The quantitative estimate of drug-likeness (QED) is 0.833. The number of nitrogen functional groups attached to an aromatic ring is 1. The molecule has 6 heteroatoms. The molecule has 0 saturated carbocycles. The largest absolute Gasteiger partial charge is 0.398 e. The summed E-state index contributed by atoms with van der Waals surface area (Å²) < 4.78 is 1.39. The Morgan fingerprint density at radius 3 is 2.70 bits per heavy atom. The van der Waals surface area contributed by atoms with Gasteiger partial charge in [-0.25, -0.2) is 0 Å². The summed E-state index contributed by atoms with van der Waals surface area (Å²) in [6.07, 6.45) is 1.54. The Hall–Kier alpha value is -2.27. The molecule has 2 aromatic rings. The highest BCUT2D eigenvalue weighted by atomic mass is 35.5. The Labute approximate surface area is 121 Å². The zero-order chi connectivity index (χ0) is 14.9. The number of pyridine rings is 1. The van der Waals surface area contributed by atoms with Gasteiger partial charge in [0.2, 0.25) is 0 Å². The number of nitrogens with zero attached hydrogens (tertiary/aromatic N) is 1. The number of benzene rings is 1. The van der Waals surface area contributed by atoms with Gasteiger partial charge in [-0.1, -0.05) is 11.6 Å². The topological polar surface area (TPSA) is 77.1 Å². The molecule has 0 bridgehead atoms. The molecule has 0 unspecified atom stereocenters. The van der Waals surface area contributed by atoms with E-state index in [4.69, 9.17) is 17.3 Å². The summed E-state index contributed by atoms with van der Waals surface area (Å²) in [6.45, 7) is 1.81. The van der Waals surface area contributed by atoms with Crippen LogP contribution < -0.4 is 16.6 Å². The van der Waals surface area contributed by atoms with Crippen LogP contribution in [0.3, 0.4) is 0 Å². The van der Waals surface area contributed by atoms with Gasteiger partial charge in [-0.05, 0) is 30.7 Å². The molecule has 0 fully saturated rings. The van der Waals surface area contributed by atoms with Crippen molar-refractivity contribution in [2.45, 2.75) is 6.92 Å². The predicted octanol–water partition coefficient (Wildman–Crippen LogP) is 2.18. The minimum Gasteiger partial charge on any atom is -0.398 e. The van der Waals surface area contributed by atoms with Crippen molar-refractivity contribution in [3.63, 3.8) is 0 Å². The molecule has 1 heterocycles. The Kier molecular flexibility index (Phi) is 3.81. The van der Waals surface area contributed by atoms with Gasteiger partial charge in [0.05, 0.1) is 10.7 Å². The van der Waals surface area contributed by atoms with Crippen LogP contribution in [0.2, 0.25) is 5.02 Å². The van der Waals surface area contributed by atoms with Crippen molar-refractivity contribution in [1.82, 2.24) is 4.57 Å². The molecule has 0 spiro atoms. The fourth-order valence-corrected chi connectivity index (χ4v) is 1.89. The first-order valence-electron chi connectivity index (χ1n) is 5.92. The van der Waals surface area contributed by atoms with Crippen molar-refractivity contribution in [3.8, 4) is 0 Å². The lowest BCUT2D eigenvalue weighted by molar-refractivity contribution is 0.102. The van der Waals surface area contributed by atoms with Gasteiger partial charge < -0.3 is 15.6 Å². The third kappa shape index (κ3) is 2.83. The van der Waals surface area contributed by atoms with E-state index in [1.54, 1.807) is 31.4 Å². The number of aromatic nitrogens is 1. The highest BCUT2D eigenvalue weighted by Gasteiger charge is 2.10. The van der Waals surface area contributed by atoms with E-state index in [1.165, 1.54) is 10.6 Å². The second-order valence-electron chi connectivity index (χ2n) is 4.51. The summed E-state index contributed by atoms with van der Waals surface area (Å²) >= 11 is 5.93. The molecule has 104 valence electrons. The fourth-order valence-electron chi connectivity index (χ4n) is 1.72. The number of rotatable bonds is 2. The zero-order valence-corrected chi connectivity index (χ0v) is 11.9. The second kappa shape index (κ2) is 5.38. The van der Waals surface area contributed by atoms with Gasteiger partial charge in [-0.15, -0.1) is 0 Å². The van der Waals surface area contributed by atoms with Gasteiger partial charge in [0.25, 0.3) is 11.5 Å². The summed E-state index contributed by atoms with van der Waals surface area (Å²) in [5, 5.41) is 3.08. The smallest absolute Gasteiger partial charge is 0.255 e. The summed E-state index contributed by atoms with van der Waals surface area (Å²) in [5.74, 6) is -0.369. The monoisotopic (exact) mass is 291 g/mol. The summed E-state index contributed by atoms with van der Waals surface area (Å²) in [6, 6.07) is 6.13. The van der Waals surface area contributed by atoms with Crippen molar-refractivity contribution in [3.05, 3.63) is 57.0 Å².